The molecule has 1 saturated heterocycles. The zero-order valence-electron chi connectivity index (χ0n) is 16.0. The van der Waals surface area contributed by atoms with E-state index in [9.17, 15) is 9.90 Å². The molecule has 0 aliphatic carbocycles. The summed E-state index contributed by atoms with van der Waals surface area (Å²) < 4.78 is 5.49. The van der Waals surface area contributed by atoms with Crippen LogP contribution in [0.1, 0.15) is 24.8 Å². The average Bonchev–Trinajstić information content (AvgIpc) is 3.11. The van der Waals surface area contributed by atoms with E-state index >= 15 is 0 Å². The molecule has 1 fully saturated rings. The first-order valence-electron chi connectivity index (χ1n) is 9.18. The van der Waals surface area contributed by atoms with Crippen LogP contribution < -0.4 is 16.0 Å². The Hall–Kier alpha value is -1.83. The predicted octanol–water partition coefficient (Wildman–Crippen LogP) is 1.93. The van der Waals surface area contributed by atoms with Crippen LogP contribution in [0.5, 0.6) is 0 Å². The molecule has 1 atom stereocenters. The lowest BCUT2D eigenvalue weighted by Gasteiger charge is -2.27. The second-order valence-electron chi connectivity index (χ2n) is 6.84. The fourth-order valence-corrected chi connectivity index (χ4v) is 3.23. The average molecular weight is 397 g/mol. The smallest absolute Gasteiger partial charge is 0.226 e. The zero-order valence-corrected chi connectivity index (χ0v) is 16.7. The van der Waals surface area contributed by atoms with Gasteiger partial charge in [-0.25, -0.2) is 0 Å². The third-order valence-corrected chi connectivity index (χ3v) is 5.28. The van der Waals surface area contributed by atoms with Gasteiger partial charge in [-0.3, -0.25) is 9.79 Å². The Morgan fingerprint density at radius 2 is 2.22 bits per heavy atom. The standard InChI is InChI=1S/C19H29ClN4O3/c1-14-15(20)4-3-5-16(14)24-17(26)6-9-22-18(21-2)23-12-19(7-10-25)8-11-27-13-19/h3-5,25H,6-13H2,1-2H3,(H,24,26)(H2,21,22,23). The number of guanidine groups is 1. The first kappa shape index (κ1) is 21.5. The van der Waals surface area contributed by atoms with E-state index in [2.05, 4.69) is 20.9 Å². The number of anilines is 1. The molecule has 8 heteroatoms. The highest BCUT2D eigenvalue weighted by molar-refractivity contribution is 6.31. The summed E-state index contributed by atoms with van der Waals surface area (Å²) in [4.78, 5) is 16.3. The Bertz CT molecular complexity index is 660. The first-order valence-corrected chi connectivity index (χ1v) is 9.55. The van der Waals surface area contributed by atoms with Crippen LogP contribution in [-0.2, 0) is 9.53 Å². The molecule has 0 bridgehead atoms. The number of carbonyl (C=O) groups excluding carboxylic acids is 1. The molecule has 2 rings (SSSR count). The number of halogens is 1. The monoisotopic (exact) mass is 396 g/mol. The Morgan fingerprint density at radius 3 is 2.89 bits per heavy atom. The van der Waals surface area contributed by atoms with Gasteiger partial charge in [0.1, 0.15) is 0 Å². The molecule has 1 aliphatic heterocycles. The predicted molar refractivity (Wildman–Crippen MR) is 108 cm³/mol. The van der Waals surface area contributed by atoms with Crippen molar-refractivity contribution in [2.75, 3.05) is 45.3 Å². The number of hydrogen-bond donors (Lipinski definition) is 4. The minimum absolute atomic E-state index is 0.0617. The number of nitrogens with one attached hydrogen (secondary N) is 3. The van der Waals surface area contributed by atoms with Crippen LogP contribution in [0, 0.1) is 12.3 Å². The summed E-state index contributed by atoms with van der Waals surface area (Å²) in [5.41, 5.74) is 1.52. The van der Waals surface area contributed by atoms with E-state index in [0.717, 1.165) is 24.3 Å². The second-order valence-corrected chi connectivity index (χ2v) is 7.25. The Morgan fingerprint density at radius 1 is 1.41 bits per heavy atom. The van der Waals surface area contributed by atoms with E-state index < -0.39 is 0 Å². The maximum Gasteiger partial charge on any atom is 0.226 e. The van der Waals surface area contributed by atoms with Crippen molar-refractivity contribution >= 4 is 29.2 Å². The van der Waals surface area contributed by atoms with Gasteiger partial charge in [-0.05, 0) is 37.5 Å². The normalized spacial score (nSPS) is 19.8. The van der Waals surface area contributed by atoms with Gasteiger partial charge in [-0.15, -0.1) is 0 Å². The Kier molecular flexibility index (Phi) is 8.34. The lowest BCUT2D eigenvalue weighted by Crippen LogP contribution is -2.45. The van der Waals surface area contributed by atoms with Crippen LogP contribution >= 0.6 is 11.6 Å². The van der Waals surface area contributed by atoms with Crippen molar-refractivity contribution in [3.63, 3.8) is 0 Å². The third kappa shape index (κ3) is 6.37. The number of aliphatic hydroxyl groups is 1. The van der Waals surface area contributed by atoms with Gasteiger partial charge >= 0.3 is 0 Å². The number of aliphatic hydroxyl groups excluding tert-OH is 1. The molecule has 1 amide bonds. The lowest BCUT2D eigenvalue weighted by atomic mass is 9.84. The van der Waals surface area contributed by atoms with Crippen molar-refractivity contribution in [1.82, 2.24) is 10.6 Å². The topological polar surface area (TPSA) is 95.0 Å². The molecule has 7 nitrogen and oxygen atoms in total. The molecule has 1 aromatic rings. The summed E-state index contributed by atoms with van der Waals surface area (Å²) in [5, 5.41) is 19.2. The van der Waals surface area contributed by atoms with E-state index in [-0.39, 0.29) is 17.9 Å². The van der Waals surface area contributed by atoms with Crippen molar-refractivity contribution in [3.05, 3.63) is 28.8 Å². The molecule has 1 aliphatic rings. The quantitative estimate of drug-likeness (QED) is 0.398. The van der Waals surface area contributed by atoms with Gasteiger partial charge < -0.3 is 25.8 Å². The summed E-state index contributed by atoms with van der Waals surface area (Å²) in [5.74, 6) is 0.537. The van der Waals surface area contributed by atoms with Crippen molar-refractivity contribution in [2.24, 2.45) is 10.4 Å². The number of carbonyl (C=O) groups is 1. The molecule has 4 N–H and O–H groups in total. The molecule has 1 unspecified atom stereocenters. The summed E-state index contributed by atoms with van der Waals surface area (Å²) in [7, 11) is 1.69. The number of nitrogens with zero attached hydrogens (tertiary/aromatic N) is 1. The molecule has 0 aromatic heterocycles. The van der Waals surface area contributed by atoms with Crippen molar-refractivity contribution < 1.29 is 14.6 Å². The van der Waals surface area contributed by atoms with Crippen LogP contribution in [0.25, 0.3) is 0 Å². The van der Waals surface area contributed by atoms with Gasteiger partial charge in [0.25, 0.3) is 0 Å². The van der Waals surface area contributed by atoms with Gasteiger partial charge in [-0.1, -0.05) is 17.7 Å². The number of hydrogen-bond acceptors (Lipinski definition) is 4. The molecular formula is C19H29ClN4O3. The van der Waals surface area contributed by atoms with E-state index in [0.29, 0.717) is 43.5 Å². The molecule has 1 aromatic carbocycles. The van der Waals surface area contributed by atoms with Gasteiger partial charge in [0.15, 0.2) is 5.96 Å². The minimum Gasteiger partial charge on any atom is -0.396 e. The molecular weight excluding hydrogens is 368 g/mol. The Labute approximate surface area is 165 Å². The van der Waals surface area contributed by atoms with Gasteiger partial charge in [-0.2, -0.15) is 0 Å². The molecule has 0 spiro atoms. The highest BCUT2D eigenvalue weighted by atomic mass is 35.5. The highest BCUT2D eigenvalue weighted by Gasteiger charge is 2.34. The fraction of sp³-hybridized carbons (Fsp3) is 0.579. The largest absolute Gasteiger partial charge is 0.396 e. The molecule has 0 saturated carbocycles. The lowest BCUT2D eigenvalue weighted by molar-refractivity contribution is -0.116. The fourth-order valence-electron chi connectivity index (χ4n) is 3.05. The van der Waals surface area contributed by atoms with Crippen LogP contribution in [0.4, 0.5) is 5.69 Å². The number of rotatable bonds is 8. The number of amides is 1. The number of benzene rings is 1. The molecule has 0 radical (unpaired) electrons. The second kappa shape index (κ2) is 10.5. The van der Waals surface area contributed by atoms with Crippen molar-refractivity contribution in [1.29, 1.82) is 0 Å². The van der Waals surface area contributed by atoms with Gasteiger partial charge in [0.2, 0.25) is 5.91 Å². The van der Waals surface area contributed by atoms with Gasteiger partial charge in [0.05, 0.1) is 6.61 Å². The maximum absolute atomic E-state index is 12.2. The van der Waals surface area contributed by atoms with Crippen LogP contribution in [-0.4, -0.2) is 56.9 Å². The van der Waals surface area contributed by atoms with E-state index in [1.807, 2.05) is 19.1 Å². The van der Waals surface area contributed by atoms with E-state index in [1.54, 1.807) is 13.1 Å². The minimum atomic E-state index is -0.0933. The summed E-state index contributed by atoms with van der Waals surface area (Å²) >= 11 is 6.07. The van der Waals surface area contributed by atoms with Crippen molar-refractivity contribution in [3.8, 4) is 0 Å². The van der Waals surface area contributed by atoms with Crippen LogP contribution in [0.2, 0.25) is 5.02 Å². The number of ether oxygens (including phenoxy) is 1. The summed E-state index contributed by atoms with van der Waals surface area (Å²) in [6.45, 7) is 4.49. The molecule has 150 valence electrons. The van der Waals surface area contributed by atoms with E-state index in [4.69, 9.17) is 16.3 Å². The van der Waals surface area contributed by atoms with Gasteiger partial charge in [0, 0.05) is 55.9 Å². The molecule has 27 heavy (non-hydrogen) atoms. The van der Waals surface area contributed by atoms with E-state index in [1.165, 1.54) is 0 Å². The maximum atomic E-state index is 12.2. The van der Waals surface area contributed by atoms with Crippen LogP contribution in [0.15, 0.2) is 23.2 Å². The zero-order chi connectivity index (χ0) is 19.7. The third-order valence-electron chi connectivity index (χ3n) is 4.87. The van der Waals surface area contributed by atoms with Crippen LogP contribution in [0.3, 0.4) is 0 Å². The SMILES string of the molecule is CN=C(NCCC(=O)Nc1cccc(Cl)c1C)NCC1(CCO)CCOC1. The highest BCUT2D eigenvalue weighted by Crippen LogP contribution is 2.31. The molecule has 1 heterocycles. The summed E-state index contributed by atoms with van der Waals surface area (Å²) in [6.07, 6.45) is 1.91. The summed E-state index contributed by atoms with van der Waals surface area (Å²) in [6, 6.07) is 5.43. The number of aliphatic imine (C=N–C) groups is 1. The van der Waals surface area contributed by atoms with Crippen molar-refractivity contribution in [2.45, 2.75) is 26.2 Å². The Balaban J connectivity index is 1.75. The first-order chi connectivity index (χ1) is 13.0.